The summed E-state index contributed by atoms with van der Waals surface area (Å²) in [6.45, 7) is 0.626. The minimum Gasteiger partial charge on any atom is -0.508 e. The predicted octanol–water partition coefficient (Wildman–Crippen LogP) is -1.76. The van der Waals surface area contributed by atoms with Crippen molar-refractivity contribution in [3.63, 3.8) is 0 Å². The van der Waals surface area contributed by atoms with Crippen molar-refractivity contribution in [1.29, 1.82) is 0 Å². The quantitative estimate of drug-likeness (QED) is 0.110. The zero-order valence-corrected chi connectivity index (χ0v) is 26.0. The van der Waals surface area contributed by atoms with E-state index in [1.807, 2.05) is 24.3 Å². The molecule has 5 atom stereocenters. The van der Waals surface area contributed by atoms with Crippen LogP contribution in [0, 0.1) is 0 Å². The van der Waals surface area contributed by atoms with E-state index in [0.29, 0.717) is 37.8 Å². The van der Waals surface area contributed by atoms with Gasteiger partial charge in [0, 0.05) is 32.5 Å². The summed E-state index contributed by atoms with van der Waals surface area (Å²) in [5.74, 6) is -1.90. The van der Waals surface area contributed by atoms with Gasteiger partial charge in [-0.2, -0.15) is 0 Å². The van der Waals surface area contributed by atoms with Crippen LogP contribution in [0.25, 0.3) is 11.1 Å². The molecule has 252 valence electrons. The number of aliphatic hydroxyl groups excluding tert-OH is 1. The fraction of sp³-hybridized carbons (Fsp3) is 0.500. The zero-order chi connectivity index (χ0) is 33.6. The van der Waals surface area contributed by atoms with Crippen LogP contribution in [0.5, 0.6) is 5.75 Å². The van der Waals surface area contributed by atoms with Gasteiger partial charge in [-0.15, -0.1) is 0 Å². The Hall–Kier alpha value is -4.08. The van der Waals surface area contributed by atoms with Gasteiger partial charge in [-0.1, -0.05) is 30.3 Å². The number of unbranched alkanes of at least 4 members (excludes halogenated alkanes) is 1. The third kappa shape index (κ3) is 11.1. The van der Waals surface area contributed by atoms with E-state index >= 15 is 0 Å². The Bertz CT molecular complexity index is 1340. The maximum Gasteiger partial charge on any atom is 0.243 e. The topological polar surface area (TPSA) is 261 Å². The standard InChI is InChI=1S/C32H48N8O6/c33-11-4-8-26-32(46)40-27(31(45)37-12-2-1-7-24(35)29(43)38-18-23(41)17-34)14-19-5-3-6-20(13-19)21-9-10-28(42)22(15-21)16-25(36)30(44)39-26/h3,5-6,9-10,13,15,23-27,41-42H,1-2,4,7-8,11-12,14,16-18,33-36H2,(H,37,45)(H,38,43)(H,39,44)(H,40,46)/t23?,24-,25-,26-,27-/m0/s1. The van der Waals surface area contributed by atoms with Gasteiger partial charge < -0.3 is 54.4 Å². The minimum atomic E-state index is -1.04. The first-order valence-electron chi connectivity index (χ1n) is 15.7. The number of benzene rings is 2. The van der Waals surface area contributed by atoms with Crippen LogP contribution in [-0.2, 0) is 32.0 Å². The van der Waals surface area contributed by atoms with E-state index in [1.54, 1.807) is 18.2 Å². The monoisotopic (exact) mass is 640 g/mol. The number of nitrogens with two attached hydrogens (primary N) is 4. The van der Waals surface area contributed by atoms with E-state index in [1.165, 1.54) is 0 Å². The fourth-order valence-electron chi connectivity index (χ4n) is 5.11. The third-order valence-corrected chi connectivity index (χ3v) is 7.88. The molecule has 3 rings (SSSR count). The Morgan fingerprint density at radius 3 is 2.46 bits per heavy atom. The Kier molecular flexibility index (Phi) is 14.4. The molecule has 1 unspecified atom stereocenters. The van der Waals surface area contributed by atoms with Crippen LogP contribution >= 0.6 is 0 Å². The van der Waals surface area contributed by atoms with E-state index in [4.69, 9.17) is 22.9 Å². The number of aliphatic hydroxyl groups is 1. The Balaban J connectivity index is 1.75. The molecule has 1 aliphatic rings. The van der Waals surface area contributed by atoms with Crippen LogP contribution in [-0.4, -0.2) is 90.3 Å². The van der Waals surface area contributed by atoms with Crippen LogP contribution < -0.4 is 44.2 Å². The lowest BCUT2D eigenvalue weighted by atomic mass is 9.96. The Labute approximate surface area is 269 Å². The van der Waals surface area contributed by atoms with Gasteiger partial charge in [0.1, 0.15) is 17.8 Å². The molecule has 1 heterocycles. The van der Waals surface area contributed by atoms with Crippen molar-refractivity contribution < 1.29 is 29.4 Å². The molecule has 14 N–H and O–H groups in total. The summed E-state index contributed by atoms with van der Waals surface area (Å²) in [7, 11) is 0. The van der Waals surface area contributed by atoms with E-state index in [-0.39, 0.29) is 44.6 Å². The van der Waals surface area contributed by atoms with Crippen LogP contribution in [0.3, 0.4) is 0 Å². The SMILES string of the molecule is NCCC[C@@H]1NC(=O)[C@@H](N)Cc2cc(ccc2O)-c2cccc(c2)C[C@@H](C(=O)NCCCC[C@H](N)C(=O)NCC(O)CN)NC1=O. The predicted molar refractivity (Wildman–Crippen MR) is 174 cm³/mol. The molecular formula is C32H48N8O6. The number of aromatic hydroxyl groups is 1. The van der Waals surface area contributed by atoms with Crippen molar-refractivity contribution in [2.75, 3.05) is 26.2 Å². The number of carbonyl (C=O) groups excluding carboxylic acids is 4. The first kappa shape index (κ1) is 36.4. The van der Waals surface area contributed by atoms with Crippen molar-refractivity contribution in [2.24, 2.45) is 22.9 Å². The highest BCUT2D eigenvalue weighted by Gasteiger charge is 2.29. The molecule has 0 saturated carbocycles. The molecule has 2 aromatic rings. The number of carbonyl (C=O) groups is 4. The van der Waals surface area contributed by atoms with Gasteiger partial charge in [0.15, 0.2) is 0 Å². The number of nitrogens with one attached hydrogen (secondary N) is 4. The first-order chi connectivity index (χ1) is 22.0. The van der Waals surface area contributed by atoms with E-state index in [0.717, 1.165) is 16.7 Å². The normalized spacial score (nSPS) is 19.9. The van der Waals surface area contributed by atoms with Gasteiger partial charge >= 0.3 is 0 Å². The van der Waals surface area contributed by atoms with E-state index in [2.05, 4.69) is 21.3 Å². The first-order valence-corrected chi connectivity index (χ1v) is 15.7. The number of phenolic OH excluding ortho intramolecular Hbond substituents is 1. The highest BCUT2D eigenvalue weighted by atomic mass is 16.3. The largest absolute Gasteiger partial charge is 0.508 e. The average Bonchev–Trinajstić information content (AvgIpc) is 3.05. The maximum atomic E-state index is 13.5. The zero-order valence-electron chi connectivity index (χ0n) is 26.0. The summed E-state index contributed by atoms with van der Waals surface area (Å²) < 4.78 is 0. The summed E-state index contributed by atoms with van der Waals surface area (Å²) in [4.78, 5) is 52.1. The number of hydrogen-bond donors (Lipinski definition) is 10. The van der Waals surface area contributed by atoms with Crippen molar-refractivity contribution in [3.05, 3.63) is 53.6 Å². The molecule has 4 bridgehead atoms. The number of fused-ring (bicyclic) bond motifs is 5. The second kappa shape index (κ2) is 18.2. The highest BCUT2D eigenvalue weighted by molar-refractivity contribution is 5.93. The maximum absolute atomic E-state index is 13.5. The molecule has 14 heteroatoms. The van der Waals surface area contributed by atoms with Gasteiger partial charge in [0.25, 0.3) is 0 Å². The van der Waals surface area contributed by atoms with Crippen LogP contribution in [0.15, 0.2) is 42.5 Å². The van der Waals surface area contributed by atoms with Crippen molar-refractivity contribution >= 4 is 23.6 Å². The molecule has 0 spiro atoms. The van der Waals surface area contributed by atoms with Gasteiger partial charge in [-0.05, 0) is 73.0 Å². The number of phenols is 1. The van der Waals surface area contributed by atoms with Gasteiger partial charge in [-0.3, -0.25) is 19.2 Å². The van der Waals surface area contributed by atoms with E-state index in [9.17, 15) is 29.4 Å². The summed E-state index contributed by atoms with van der Waals surface area (Å²) in [5.41, 5.74) is 26.1. The molecule has 14 nitrogen and oxygen atoms in total. The summed E-state index contributed by atoms with van der Waals surface area (Å²) in [6.07, 6.45) is 1.53. The average molecular weight is 641 g/mol. The van der Waals surface area contributed by atoms with Gasteiger partial charge in [0.2, 0.25) is 23.6 Å². The number of amides is 4. The second-order valence-corrected chi connectivity index (χ2v) is 11.6. The molecule has 4 amide bonds. The number of rotatable bonds is 13. The molecule has 1 aliphatic heterocycles. The fourth-order valence-corrected chi connectivity index (χ4v) is 5.11. The third-order valence-electron chi connectivity index (χ3n) is 7.88. The van der Waals surface area contributed by atoms with Gasteiger partial charge in [-0.25, -0.2) is 0 Å². The van der Waals surface area contributed by atoms with Crippen LogP contribution in [0.1, 0.15) is 43.2 Å². The Morgan fingerprint density at radius 2 is 1.72 bits per heavy atom. The molecule has 0 fully saturated rings. The number of hydrogen-bond acceptors (Lipinski definition) is 10. The van der Waals surface area contributed by atoms with Crippen molar-refractivity contribution in [2.45, 2.75) is 75.2 Å². The van der Waals surface area contributed by atoms with Crippen molar-refractivity contribution in [1.82, 2.24) is 21.3 Å². The van der Waals surface area contributed by atoms with E-state index < -0.39 is 53.9 Å². The van der Waals surface area contributed by atoms with Crippen molar-refractivity contribution in [3.8, 4) is 16.9 Å². The molecule has 2 aromatic carbocycles. The lowest BCUT2D eigenvalue weighted by Gasteiger charge is -2.24. The highest BCUT2D eigenvalue weighted by Crippen LogP contribution is 2.28. The lowest BCUT2D eigenvalue weighted by Crippen LogP contribution is -2.56. The van der Waals surface area contributed by atoms with Gasteiger partial charge in [0.05, 0.1) is 18.2 Å². The lowest BCUT2D eigenvalue weighted by molar-refractivity contribution is -0.132. The summed E-state index contributed by atoms with van der Waals surface area (Å²) >= 11 is 0. The molecule has 46 heavy (non-hydrogen) atoms. The second-order valence-electron chi connectivity index (χ2n) is 11.6. The molecule has 0 saturated heterocycles. The molecule has 0 aromatic heterocycles. The Morgan fingerprint density at radius 1 is 0.957 bits per heavy atom. The van der Waals surface area contributed by atoms with Crippen LogP contribution in [0.2, 0.25) is 0 Å². The van der Waals surface area contributed by atoms with Crippen LogP contribution in [0.4, 0.5) is 0 Å². The summed E-state index contributed by atoms with van der Waals surface area (Å²) in [6, 6.07) is 8.86. The minimum absolute atomic E-state index is 0.00855. The molecular weight excluding hydrogens is 592 g/mol. The smallest absolute Gasteiger partial charge is 0.243 e. The summed E-state index contributed by atoms with van der Waals surface area (Å²) in [5, 5.41) is 30.9. The molecule has 0 aliphatic carbocycles. The molecule has 0 radical (unpaired) electrons.